The van der Waals surface area contributed by atoms with Crippen LogP contribution in [0.5, 0.6) is 5.75 Å². The molecule has 4 heteroatoms. The molecular weight excluding hydrogens is 226 g/mol. The molecule has 0 saturated carbocycles. The number of phenols is 1. The van der Waals surface area contributed by atoms with Crippen LogP contribution in [0.4, 0.5) is 0 Å². The summed E-state index contributed by atoms with van der Waals surface area (Å²) in [6.07, 6.45) is 1.92. The minimum absolute atomic E-state index is 0.253. The van der Waals surface area contributed by atoms with Gasteiger partial charge in [0.05, 0.1) is 11.4 Å². The number of phenolic OH excluding ortho intramolecular Hbond substituents is 1. The summed E-state index contributed by atoms with van der Waals surface area (Å²) < 4.78 is 1.88. The average Bonchev–Trinajstić information content (AvgIpc) is 2.63. The number of rotatable bonds is 4. The molecule has 0 bridgehead atoms. The van der Waals surface area contributed by atoms with Crippen LogP contribution in [0.2, 0.25) is 0 Å². The molecule has 1 aromatic carbocycles. The van der Waals surface area contributed by atoms with Crippen LogP contribution in [0.25, 0.3) is 5.69 Å². The van der Waals surface area contributed by atoms with Crippen LogP contribution < -0.4 is 5.73 Å². The molecule has 4 nitrogen and oxygen atoms in total. The summed E-state index contributed by atoms with van der Waals surface area (Å²) in [5.41, 5.74) is 9.84. The zero-order chi connectivity index (χ0) is 13.1. The van der Waals surface area contributed by atoms with E-state index >= 15 is 0 Å². The predicted octanol–water partition coefficient (Wildman–Crippen LogP) is 2.09. The van der Waals surface area contributed by atoms with Crippen molar-refractivity contribution in [3.05, 3.63) is 41.2 Å². The smallest absolute Gasteiger partial charge is 0.117 e. The first kappa shape index (κ1) is 12.6. The third-order valence-electron chi connectivity index (χ3n) is 3.15. The summed E-state index contributed by atoms with van der Waals surface area (Å²) >= 11 is 0. The molecule has 0 unspecified atom stereocenters. The second kappa shape index (κ2) is 5.23. The minimum Gasteiger partial charge on any atom is -0.508 e. The number of aromatic nitrogens is 2. The van der Waals surface area contributed by atoms with E-state index in [2.05, 4.69) is 12.0 Å². The zero-order valence-corrected chi connectivity index (χ0v) is 10.8. The van der Waals surface area contributed by atoms with Crippen molar-refractivity contribution >= 4 is 0 Å². The highest BCUT2D eigenvalue weighted by Crippen LogP contribution is 2.21. The normalized spacial score (nSPS) is 10.8. The van der Waals surface area contributed by atoms with E-state index in [9.17, 15) is 5.11 Å². The molecule has 1 heterocycles. The molecule has 1 aromatic heterocycles. The minimum atomic E-state index is 0.253. The maximum atomic E-state index is 9.53. The Morgan fingerprint density at radius 2 is 2.11 bits per heavy atom. The molecule has 0 saturated heterocycles. The quantitative estimate of drug-likeness (QED) is 0.867. The number of aromatic hydroxyl groups is 1. The molecule has 0 aliphatic carbocycles. The second-order valence-corrected chi connectivity index (χ2v) is 4.47. The Morgan fingerprint density at radius 3 is 2.78 bits per heavy atom. The van der Waals surface area contributed by atoms with E-state index in [0.29, 0.717) is 6.54 Å². The topological polar surface area (TPSA) is 64.1 Å². The van der Waals surface area contributed by atoms with Crippen LogP contribution in [0, 0.1) is 13.8 Å². The molecular formula is C14H19N3O. The standard InChI is InChI=1S/C14H19N3O/c1-10-14(7-4-8-15)11(2)17(16-10)12-5-3-6-13(18)9-12/h3,5-6,9,18H,4,7-8,15H2,1-2H3. The summed E-state index contributed by atoms with van der Waals surface area (Å²) in [5.74, 6) is 0.253. The van der Waals surface area contributed by atoms with Gasteiger partial charge < -0.3 is 10.8 Å². The van der Waals surface area contributed by atoms with Gasteiger partial charge in [-0.25, -0.2) is 4.68 Å². The summed E-state index contributed by atoms with van der Waals surface area (Å²) in [6, 6.07) is 7.13. The van der Waals surface area contributed by atoms with Gasteiger partial charge in [-0.05, 0) is 50.9 Å². The van der Waals surface area contributed by atoms with Crippen LogP contribution >= 0.6 is 0 Å². The lowest BCUT2D eigenvalue weighted by atomic mass is 10.1. The Balaban J connectivity index is 2.40. The molecule has 0 amide bonds. The number of hydrogen-bond donors (Lipinski definition) is 2. The summed E-state index contributed by atoms with van der Waals surface area (Å²) in [4.78, 5) is 0. The molecule has 2 rings (SSSR count). The fraction of sp³-hybridized carbons (Fsp3) is 0.357. The van der Waals surface area contributed by atoms with Crippen molar-refractivity contribution in [2.75, 3.05) is 6.54 Å². The van der Waals surface area contributed by atoms with Crippen molar-refractivity contribution < 1.29 is 5.11 Å². The molecule has 0 radical (unpaired) electrons. The molecule has 0 fully saturated rings. The maximum Gasteiger partial charge on any atom is 0.117 e. The van der Waals surface area contributed by atoms with E-state index in [0.717, 1.165) is 29.9 Å². The van der Waals surface area contributed by atoms with Gasteiger partial charge in [0.2, 0.25) is 0 Å². The van der Waals surface area contributed by atoms with Crippen molar-refractivity contribution in [2.24, 2.45) is 5.73 Å². The van der Waals surface area contributed by atoms with Crippen molar-refractivity contribution in [3.8, 4) is 11.4 Å². The van der Waals surface area contributed by atoms with Crippen molar-refractivity contribution in [1.29, 1.82) is 0 Å². The van der Waals surface area contributed by atoms with Crippen molar-refractivity contribution in [2.45, 2.75) is 26.7 Å². The van der Waals surface area contributed by atoms with Gasteiger partial charge in [-0.1, -0.05) is 6.07 Å². The first-order valence-corrected chi connectivity index (χ1v) is 6.18. The highest BCUT2D eigenvalue weighted by molar-refractivity contribution is 5.41. The summed E-state index contributed by atoms with van der Waals surface area (Å²) in [6.45, 7) is 4.75. The van der Waals surface area contributed by atoms with Crippen LogP contribution in [0.1, 0.15) is 23.4 Å². The first-order chi connectivity index (χ1) is 8.63. The number of benzene rings is 1. The fourth-order valence-corrected chi connectivity index (χ4v) is 2.19. The van der Waals surface area contributed by atoms with Crippen LogP contribution in [0.3, 0.4) is 0 Å². The van der Waals surface area contributed by atoms with Gasteiger partial charge >= 0.3 is 0 Å². The van der Waals surface area contributed by atoms with E-state index < -0.39 is 0 Å². The number of hydrogen-bond acceptors (Lipinski definition) is 3. The first-order valence-electron chi connectivity index (χ1n) is 6.18. The maximum absolute atomic E-state index is 9.53. The average molecular weight is 245 g/mol. The monoisotopic (exact) mass is 245 g/mol. The molecule has 0 spiro atoms. The van der Waals surface area contributed by atoms with Gasteiger partial charge in [-0.2, -0.15) is 5.10 Å². The lowest BCUT2D eigenvalue weighted by Gasteiger charge is -2.05. The molecule has 18 heavy (non-hydrogen) atoms. The predicted molar refractivity (Wildman–Crippen MR) is 72.1 cm³/mol. The number of nitrogens with two attached hydrogens (primary N) is 1. The van der Waals surface area contributed by atoms with Crippen LogP contribution in [0.15, 0.2) is 24.3 Å². The molecule has 3 N–H and O–H groups in total. The Morgan fingerprint density at radius 1 is 1.33 bits per heavy atom. The van der Waals surface area contributed by atoms with Gasteiger partial charge in [0, 0.05) is 11.8 Å². The highest BCUT2D eigenvalue weighted by Gasteiger charge is 2.12. The van der Waals surface area contributed by atoms with E-state index in [1.54, 1.807) is 12.1 Å². The third-order valence-corrected chi connectivity index (χ3v) is 3.15. The molecule has 96 valence electrons. The highest BCUT2D eigenvalue weighted by atomic mass is 16.3. The number of nitrogens with zero attached hydrogens (tertiary/aromatic N) is 2. The van der Waals surface area contributed by atoms with Crippen molar-refractivity contribution in [1.82, 2.24) is 9.78 Å². The van der Waals surface area contributed by atoms with E-state index in [4.69, 9.17) is 5.73 Å². The van der Waals surface area contributed by atoms with Gasteiger partial charge in [0.1, 0.15) is 5.75 Å². The van der Waals surface area contributed by atoms with E-state index in [-0.39, 0.29) is 5.75 Å². The lowest BCUT2D eigenvalue weighted by molar-refractivity contribution is 0.474. The van der Waals surface area contributed by atoms with Crippen molar-refractivity contribution in [3.63, 3.8) is 0 Å². The zero-order valence-electron chi connectivity index (χ0n) is 10.8. The van der Waals surface area contributed by atoms with E-state index in [1.165, 1.54) is 5.56 Å². The van der Waals surface area contributed by atoms with Crippen LogP contribution in [-0.4, -0.2) is 21.4 Å². The Kier molecular flexibility index (Phi) is 3.67. The van der Waals surface area contributed by atoms with Gasteiger partial charge in [-0.3, -0.25) is 0 Å². The van der Waals surface area contributed by atoms with Crippen LogP contribution in [-0.2, 0) is 6.42 Å². The Bertz CT molecular complexity index is 546. The largest absolute Gasteiger partial charge is 0.508 e. The summed E-state index contributed by atoms with van der Waals surface area (Å²) in [5, 5.41) is 14.1. The fourth-order valence-electron chi connectivity index (χ4n) is 2.19. The Hall–Kier alpha value is -1.81. The number of aryl methyl sites for hydroxylation is 1. The molecule has 0 atom stereocenters. The molecule has 0 aliphatic rings. The summed E-state index contributed by atoms with van der Waals surface area (Å²) in [7, 11) is 0. The van der Waals surface area contributed by atoms with E-state index in [1.807, 2.05) is 23.7 Å². The molecule has 0 aliphatic heterocycles. The SMILES string of the molecule is Cc1nn(-c2cccc(O)c2)c(C)c1CCCN. The van der Waals surface area contributed by atoms with Gasteiger partial charge in [0.25, 0.3) is 0 Å². The molecule has 2 aromatic rings. The Labute approximate surface area is 107 Å². The lowest BCUT2D eigenvalue weighted by Crippen LogP contribution is -2.02. The third kappa shape index (κ3) is 2.38. The second-order valence-electron chi connectivity index (χ2n) is 4.47. The van der Waals surface area contributed by atoms with Gasteiger partial charge in [-0.15, -0.1) is 0 Å². The van der Waals surface area contributed by atoms with Gasteiger partial charge in [0.15, 0.2) is 0 Å².